The number of nitriles is 1. The molecule has 0 heterocycles. The highest BCUT2D eigenvalue weighted by Gasteiger charge is 2.28. The van der Waals surface area contributed by atoms with Crippen molar-refractivity contribution >= 4 is 23.2 Å². The summed E-state index contributed by atoms with van der Waals surface area (Å²) in [5, 5.41) is 7.87. The van der Waals surface area contributed by atoms with Crippen molar-refractivity contribution in [3.8, 4) is 6.07 Å². The quantitative estimate of drug-likeness (QED) is 0.281. The van der Waals surface area contributed by atoms with Crippen LogP contribution in [0.25, 0.3) is 4.85 Å². The average Bonchev–Trinajstić information content (AvgIpc) is 1.68. The van der Waals surface area contributed by atoms with Crippen molar-refractivity contribution in [2.24, 2.45) is 0 Å². The van der Waals surface area contributed by atoms with E-state index in [0.29, 0.717) is 0 Å². The van der Waals surface area contributed by atoms with E-state index in [9.17, 15) is 0 Å². The number of rotatable bonds is 0. The Morgan fingerprint density at radius 1 is 1.71 bits per heavy atom. The largest absolute Gasteiger partial charge is 0.469 e. The van der Waals surface area contributed by atoms with Crippen molar-refractivity contribution in [1.82, 2.24) is 0 Å². The Morgan fingerprint density at radius 2 is 2.14 bits per heavy atom. The van der Waals surface area contributed by atoms with E-state index in [4.69, 9.17) is 35.0 Å². The third-order valence-corrected chi connectivity index (χ3v) is 0.613. The second kappa shape index (κ2) is 2.02. The van der Waals surface area contributed by atoms with Crippen LogP contribution < -0.4 is 0 Å². The zero-order chi connectivity index (χ0) is 5.91. The highest BCUT2D eigenvalue weighted by Crippen LogP contribution is 2.19. The normalized spacial score (nSPS) is 9.14. The molecule has 0 spiro atoms. The molecule has 0 radical (unpaired) electrons. The summed E-state index contributed by atoms with van der Waals surface area (Å²) < 4.78 is -1.88. The third kappa shape index (κ3) is 2.28. The van der Waals surface area contributed by atoms with Crippen molar-refractivity contribution in [1.29, 1.82) is 5.26 Å². The minimum Gasteiger partial charge on any atom is -0.261 e. The van der Waals surface area contributed by atoms with E-state index in [0.717, 1.165) is 0 Å². The fourth-order valence-electron chi connectivity index (χ4n) is 0.0250. The van der Waals surface area contributed by atoms with Crippen molar-refractivity contribution < 1.29 is 0 Å². The van der Waals surface area contributed by atoms with Gasteiger partial charge in [-0.1, -0.05) is 0 Å². The standard InChI is InChI=1S/C3Cl2N2/c1-7-3(4,5)2-6. The molecule has 0 aromatic carbocycles. The van der Waals surface area contributed by atoms with Crippen molar-refractivity contribution in [3.05, 3.63) is 11.4 Å². The number of halogens is 2. The minimum absolute atomic E-state index is 1.37. The maximum atomic E-state index is 7.87. The topological polar surface area (TPSA) is 28.1 Å². The second-order valence-electron chi connectivity index (χ2n) is 0.765. The number of hydrogen-bond acceptors (Lipinski definition) is 1. The van der Waals surface area contributed by atoms with Crippen LogP contribution in [-0.4, -0.2) is 4.46 Å². The summed E-state index contributed by atoms with van der Waals surface area (Å²) in [6, 6.07) is 1.37. The molecule has 36 valence electrons. The summed E-state index contributed by atoms with van der Waals surface area (Å²) in [5.74, 6) is 0. The van der Waals surface area contributed by atoms with Gasteiger partial charge in [-0.25, -0.2) is 6.57 Å². The highest BCUT2D eigenvalue weighted by molar-refractivity contribution is 6.51. The lowest BCUT2D eigenvalue weighted by Gasteiger charge is -1.86. The molecule has 7 heavy (non-hydrogen) atoms. The summed E-state index contributed by atoms with van der Waals surface area (Å²) in [5.41, 5.74) is 0. The second-order valence-corrected chi connectivity index (χ2v) is 2.05. The molecule has 0 rings (SSSR count). The van der Waals surface area contributed by atoms with Gasteiger partial charge in [-0.05, 0) is 0 Å². The van der Waals surface area contributed by atoms with Crippen LogP contribution in [0.5, 0.6) is 0 Å². The van der Waals surface area contributed by atoms with Crippen molar-refractivity contribution in [2.45, 2.75) is 4.46 Å². The highest BCUT2D eigenvalue weighted by atomic mass is 35.5. The van der Waals surface area contributed by atoms with Crippen LogP contribution in [0.4, 0.5) is 0 Å². The lowest BCUT2D eigenvalue weighted by Crippen LogP contribution is -1.98. The van der Waals surface area contributed by atoms with Crippen molar-refractivity contribution in [3.63, 3.8) is 0 Å². The molecule has 0 N–H and O–H groups in total. The van der Waals surface area contributed by atoms with E-state index in [-0.39, 0.29) is 0 Å². The number of alkyl halides is 2. The summed E-state index contributed by atoms with van der Waals surface area (Å²) in [6.45, 7) is 6.14. The van der Waals surface area contributed by atoms with Crippen LogP contribution in [0.15, 0.2) is 0 Å². The molecule has 0 aliphatic carbocycles. The molecule has 0 aliphatic rings. The predicted molar refractivity (Wildman–Crippen MR) is 26.7 cm³/mol. The molecule has 0 unspecified atom stereocenters. The molecule has 0 saturated heterocycles. The molecule has 4 heteroatoms. The summed E-state index contributed by atoms with van der Waals surface area (Å²) in [4.78, 5) is 2.56. The summed E-state index contributed by atoms with van der Waals surface area (Å²) >= 11 is 9.91. The first kappa shape index (κ1) is 6.56. The van der Waals surface area contributed by atoms with E-state index in [1.54, 1.807) is 0 Å². The molecule has 0 atom stereocenters. The molecule has 0 aromatic rings. The van der Waals surface area contributed by atoms with Gasteiger partial charge >= 0.3 is 4.46 Å². The Balaban J connectivity index is 4.00. The first-order valence-electron chi connectivity index (χ1n) is 1.30. The molecule has 0 amide bonds. The Morgan fingerprint density at radius 3 is 2.14 bits per heavy atom. The SMILES string of the molecule is [C-]#[N+]C(Cl)(Cl)C#N. The third-order valence-electron chi connectivity index (χ3n) is 0.275. The van der Waals surface area contributed by atoms with Gasteiger partial charge in [0.2, 0.25) is 0 Å². The van der Waals surface area contributed by atoms with E-state index in [1.165, 1.54) is 6.07 Å². The average molecular weight is 135 g/mol. The van der Waals surface area contributed by atoms with Gasteiger partial charge in [0.1, 0.15) is 0 Å². The van der Waals surface area contributed by atoms with Gasteiger partial charge in [0.05, 0.1) is 0 Å². The van der Waals surface area contributed by atoms with Gasteiger partial charge in [-0.15, -0.1) is 0 Å². The molecular weight excluding hydrogens is 135 g/mol. The predicted octanol–water partition coefficient (Wildman–Crippen LogP) is 1.56. The molecule has 0 aliphatic heterocycles. The summed E-state index contributed by atoms with van der Waals surface area (Å²) in [6.07, 6.45) is 0. The van der Waals surface area contributed by atoms with Crippen molar-refractivity contribution in [2.75, 3.05) is 0 Å². The lowest BCUT2D eigenvalue weighted by molar-refractivity contribution is 1.26. The van der Waals surface area contributed by atoms with Gasteiger partial charge in [0.15, 0.2) is 6.07 Å². The van der Waals surface area contributed by atoms with Gasteiger partial charge in [-0.3, -0.25) is 4.85 Å². The fraction of sp³-hybridized carbons (Fsp3) is 0.333. The minimum atomic E-state index is -1.88. The molecule has 0 aromatic heterocycles. The van der Waals surface area contributed by atoms with Crippen LogP contribution in [0.3, 0.4) is 0 Å². The maximum absolute atomic E-state index is 7.87. The van der Waals surface area contributed by atoms with E-state index in [2.05, 4.69) is 4.85 Å². The molecule has 0 bridgehead atoms. The first-order valence-corrected chi connectivity index (χ1v) is 2.05. The van der Waals surface area contributed by atoms with Crippen LogP contribution in [0.1, 0.15) is 0 Å². The Kier molecular flexibility index (Phi) is 1.90. The van der Waals surface area contributed by atoms with Crippen LogP contribution >= 0.6 is 23.2 Å². The molecule has 0 saturated carbocycles. The first-order chi connectivity index (χ1) is 3.12. The van der Waals surface area contributed by atoms with E-state index < -0.39 is 4.46 Å². The Bertz CT molecular complexity index is 122. The van der Waals surface area contributed by atoms with E-state index >= 15 is 0 Å². The number of nitrogens with zero attached hydrogens (tertiary/aromatic N) is 2. The van der Waals surface area contributed by atoms with E-state index in [1.807, 2.05) is 0 Å². The zero-order valence-corrected chi connectivity index (χ0v) is 4.66. The molecule has 2 nitrogen and oxygen atoms in total. The number of hydrogen-bond donors (Lipinski definition) is 0. The maximum Gasteiger partial charge on any atom is 0.469 e. The van der Waals surface area contributed by atoms with Gasteiger partial charge in [0, 0.05) is 23.2 Å². The van der Waals surface area contributed by atoms with Gasteiger partial charge in [0.25, 0.3) is 0 Å². The Labute approximate surface area is 51.1 Å². The lowest BCUT2D eigenvalue weighted by atomic mass is 10.7. The van der Waals surface area contributed by atoms with Gasteiger partial charge in [-0.2, -0.15) is 5.26 Å². The van der Waals surface area contributed by atoms with Crippen LogP contribution in [0.2, 0.25) is 0 Å². The van der Waals surface area contributed by atoms with Crippen LogP contribution in [-0.2, 0) is 0 Å². The molecular formula is C3Cl2N2. The molecule has 0 fully saturated rings. The monoisotopic (exact) mass is 134 g/mol. The zero-order valence-electron chi connectivity index (χ0n) is 3.15. The smallest absolute Gasteiger partial charge is 0.261 e. The Hall–Kier alpha value is -0.440. The summed E-state index contributed by atoms with van der Waals surface area (Å²) in [7, 11) is 0. The van der Waals surface area contributed by atoms with Crippen LogP contribution in [0, 0.1) is 17.9 Å². The fourth-order valence-corrected chi connectivity index (χ4v) is 0.0250. The van der Waals surface area contributed by atoms with Gasteiger partial charge < -0.3 is 0 Å².